The van der Waals surface area contributed by atoms with Crippen molar-refractivity contribution < 1.29 is 14.3 Å². The maximum atomic E-state index is 12.5. The van der Waals surface area contributed by atoms with Crippen molar-refractivity contribution in [2.75, 3.05) is 6.61 Å². The molecule has 3 rings (SSSR count). The molecule has 0 saturated carbocycles. The highest BCUT2D eigenvalue weighted by Crippen LogP contribution is 2.36. The quantitative estimate of drug-likeness (QED) is 0.923. The van der Waals surface area contributed by atoms with Crippen LogP contribution in [0.25, 0.3) is 0 Å². The Hall–Kier alpha value is -2.17. The summed E-state index contributed by atoms with van der Waals surface area (Å²) in [5, 5.41) is 0. The lowest BCUT2D eigenvalue weighted by atomic mass is 9.85. The first-order chi connectivity index (χ1) is 11.2. The molecule has 1 heterocycles. The van der Waals surface area contributed by atoms with Gasteiger partial charge in [-0.15, -0.1) is 0 Å². The maximum Gasteiger partial charge on any atom is 0.259 e. The molecule has 4 heteroatoms. The Morgan fingerprint density at radius 2 is 1.57 bits per heavy atom. The molecule has 0 aromatic heterocycles. The van der Waals surface area contributed by atoms with E-state index >= 15 is 0 Å². The Bertz CT molecular complexity index is 597. The zero-order valence-corrected chi connectivity index (χ0v) is 13.0. The van der Waals surface area contributed by atoms with Gasteiger partial charge in [0.25, 0.3) is 5.91 Å². The van der Waals surface area contributed by atoms with Crippen LogP contribution in [0.15, 0.2) is 60.7 Å². The van der Waals surface area contributed by atoms with Crippen LogP contribution in [-0.4, -0.2) is 18.8 Å². The Balaban J connectivity index is 2.08. The van der Waals surface area contributed by atoms with Crippen molar-refractivity contribution in [3.8, 4) is 0 Å². The number of benzene rings is 2. The molecule has 0 aliphatic carbocycles. The summed E-state index contributed by atoms with van der Waals surface area (Å²) in [6.07, 6.45) is 2.36. The van der Waals surface area contributed by atoms with Gasteiger partial charge in [0.1, 0.15) is 0 Å². The number of carbonyl (C=O) groups excluding carboxylic acids is 1. The monoisotopic (exact) mass is 311 g/mol. The number of hydrogen-bond donors (Lipinski definition) is 1. The van der Waals surface area contributed by atoms with Gasteiger partial charge in [-0.2, -0.15) is 0 Å². The third-order valence-corrected chi connectivity index (χ3v) is 4.15. The van der Waals surface area contributed by atoms with E-state index in [4.69, 9.17) is 15.2 Å². The highest BCUT2D eigenvalue weighted by molar-refractivity contribution is 5.89. The fourth-order valence-corrected chi connectivity index (χ4v) is 2.99. The van der Waals surface area contributed by atoms with Crippen LogP contribution in [0.5, 0.6) is 0 Å². The third-order valence-electron chi connectivity index (χ3n) is 4.15. The second-order valence-electron chi connectivity index (χ2n) is 5.69. The summed E-state index contributed by atoms with van der Waals surface area (Å²) >= 11 is 0. The van der Waals surface area contributed by atoms with E-state index in [1.807, 2.05) is 60.7 Å². The average Bonchev–Trinajstić information content (AvgIpc) is 2.62. The van der Waals surface area contributed by atoms with Gasteiger partial charge in [-0.25, -0.2) is 0 Å². The fraction of sp³-hybridized carbons (Fsp3) is 0.316. The van der Waals surface area contributed by atoms with Gasteiger partial charge in [-0.1, -0.05) is 60.7 Å². The van der Waals surface area contributed by atoms with Crippen molar-refractivity contribution >= 4 is 5.91 Å². The van der Waals surface area contributed by atoms with E-state index in [0.717, 1.165) is 19.3 Å². The van der Waals surface area contributed by atoms with Crippen LogP contribution >= 0.6 is 0 Å². The predicted molar refractivity (Wildman–Crippen MR) is 87.5 cm³/mol. The van der Waals surface area contributed by atoms with E-state index in [9.17, 15) is 4.79 Å². The molecule has 1 fully saturated rings. The molecule has 1 amide bonds. The molecule has 1 atom stereocenters. The number of primary amides is 1. The van der Waals surface area contributed by atoms with E-state index in [1.54, 1.807) is 0 Å². The molecule has 2 N–H and O–H groups in total. The smallest absolute Gasteiger partial charge is 0.259 e. The molecule has 23 heavy (non-hydrogen) atoms. The zero-order valence-electron chi connectivity index (χ0n) is 13.0. The van der Waals surface area contributed by atoms with Crippen LogP contribution < -0.4 is 5.73 Å². The Morgan fingerprint density at radius 3 is 2.00 bits per heavy atom. The lowest BCUT2D eigenvalue weighted by molar-refractivity contribution is -0.215. The fourth-order valence-electron chi connectivity index (χ4n) is 2.99. The van der Waals surface area contributed by atoms with Crippen LogP contribution in [0, 0.1) is 0 Å². The second kappa shape index (κ2) is 6.94. The van der Waals surface area contributed by atoms with Crippen molar-refractivity contribution in [1.82, 2.24) is 0 Å². The van der Waals surface area contributed by atoms with E-state index in [2.05, 4.69) is 0 Å². The first-order valence-corrected chi connectivity index (χ1v) is 7.94. The Kier molecular flexibility index (Phi) is 4.74. The normalized spacial score (nSPS) is 18.5. The number of hydrogen-bond acceptors (Lipinski definition) is 3. The topological polar surface area (TPSA) is 61.6 Å². The lowest BCUT2D eigenvalue weighted by Crippen LogP contribution is -2.48. The molecular weight excluding hydrogens is 290 g/mol. The predicted octanol–water partition coefficient (Wildman–Crippen LogP) is 2.96. The van der Waals surface area contributed by atoms with Gasteiger partial charge in [-0.3, -0.25) is 4.79 Å². The molecule has 0 bridgehead atoms. The number of nitrogens with two attached hydrogens (primary N) is 1. The van der Waals surface area contributed by atoms with E-state index in [1.165, 1.54) is 0 Å². The number of amides is 1. The van der Waals surface area contributed by atoms with Gasteiger partial charge in [0, 0.05) is 6.61 Å². The highest BCUT2D eigenvalue weighted by Gasteiger charge is 2.44. The summed E-state index contributed by atoms with van der Waals surface area (Å²) in [6, 6.07) is 18.8. The third kappa shape index (κ3) is 3.14. The standard InChI is InChI=1S/C19H21NO3/c20-18(21)19(15-9-3-1-4-10-15,16-11-5-2-6-12-16)23-17-13-7-8-14-22-17/h1-6,9-12,17H,7-8,13-14H2,(H2,20,21). The van der Waals surface area contributed by atoms with Gasteiger partial charge in [-0.05, 0) is 30.4 Å². The van der Waals surface area contributed by atoms with Crippen LogP contribution in [0.2, 0.25) is 0 Å². The molecule has 4 nitrogen and oxygen atoms in total. The molecule has 1 saturated heterocycles. The molecule has 0 radical (unpaired) electrons. The summed E-state index contributed by atoms with van der Waals surface area (Å²) in [6.45, 7) is 0.642. The van der Waals surface area contributed by atoms with Crippen molar-refractivity contribution in [2.45, 2.75) is 31.2 Å². The Labute approximate surface area is 136 Å². The molecule has 2 aromatic carbocycles. The summed E-state index contributed by atoms with van der Waals surface area (Å²) < 4.78 is 11.9. The number of carbonyl (C=O) groups is 1. The molecule has 1 aliphatic rings. The molecule has 2 aromatic rings. The SMILES string of the molecule is NC(=O)C(OC1CCCCO1)(c1ccccc1)c1ccccc1. The van der Waals surface area contributed by atoms with Crippen molar-refractivity contribution in [3.63, 3.8) is 0 Å². The molecule has 1 aliphatic heterocycles. The van der Waals surface area contributed by atoms with Crippen molar-refractivity contribution in [3.05, 3.63) is 71.8 Å². The van der Waals surface area contributed by atoms with Crippen LogP contribution in [-0.2, 0) is 19.9 Å². The van der Waals surface area contributed by atoms with Crippen molar-refractivity contribution in [2.24, 2.45) is 5.73 Å². The maximum absolute atomic E-state index is 12.5. The first-order valence-electron chi connectivity index (χ1n) is 7.94. The van der Waals surface area contributed by atoms with Gasteiger partial charge in [0.15, 0.2) is 11.9 Å². The van der Waals surface area contributed by atoms with E-state index in [-0.39, 0.29) is 0 Å². The van der Waals surface area contributed by atoms with Gasteiger partial charge in [0.05, 0.1) is 0 Å². The summed E-state index contributed by atoms with van der Waals surface area (Å²) in [5.74, 6) is -0.538. The minimum Gasteiger partial charge on any atom is -0.367 e. The van der Waals surface area contributed by atoms with E-state index < -0.39 is 17.8 Å². The summed E-state index contributed by atoms with van der Waals surface area (Å²) in [4.78, 5) is 12.5. The zero-order chi connectivity index (χ0) is 16.1. The van der Waals surface area contributed by atoms with E-state index in [0.29, 0.717) is 17.7 Å². The van der Waals surface area contributed by atoms with Crippen LogP contribution in [0.4, 0.5) is 0 Å². The summed E-state index contributed by atoms with van der Waals surface area (Å²) in [7, 11) is 0. The van der Waals surface area contributed by atoms with Crippen molar-refractivity contribution in [1.29, 1.82) is 0 Å². The van der Waals surface area contributed by atoms with Gasteiger partial charge < -0.3 is 15.2 Å². The van der Waals surface area contributed by atoms with Crippen LogP contribution in [0.1, 0.15) is 30.4 Å². The lowest BCUT2D eigenvalue weighted by Gasteiger charge is -2.36. The molecule has 120 valence electrons. The second-order valence-corrected chi connectivity index (χ2v) is 5.69. The molecular formula is C19H21NO3. The van der Waals surface area contributed by atoms with Gasteiger partial charge >= 0.3 is 0 Å². The molecule has 1 unspecified atom stereocenters. The number of rotatable bonds is 5. The highest BCUT2D eigenvalue weighted by atomic mass is 16.7. The number of ether oxygens (including phenoxy) is 2. The van der Waals surface area contributed by atoms with Gasteiger partial charge in [0.2, 0.25) is 0 Å². The molecule has 0 spiro atoms. The average molecular weight is 311 g/mol. The Morgan fingerprint density at radius 1 is 1.00 bits per heavy atom. The minimum absolute atomic E-state index is 0.434. The minimum atomic E-state index is -1.34. The van der Waals surface area contributed by atoms with Crippen LogP contribution in [0.3, 0.4) is 0 Å². The largest absolute Gasteiger partial charge is 0.367 e. The summed E-state index contributed by atoms with van der Waals surface area (Å²) in [5.41, 5.74) is 5.92. The first kappa shape index (κ1) is 15.7.